The molecule has 0 saturated carbocycles. The molecule has 138 valence electrons. The Bertz CT molecular complexity index is 1090. The van der Waals surface area contributed by atoms with Crippen LogP contribution in [0.4, 0.5) is 4.39 Å². The van der Waals surface area contributed by atoms with E-state index < -0.39 is 24.2 Å². The van der Waals surface area contributed by atoms with Gasteiger partial charge in [-0.2, -0.15) is 0 Å². The zero-order valence-corrected chi connectivity index (χ0v) is 14.9. The van der Waals surface area contributed by atoms with Crippen LogP contribution in [0.25, 0.3) is 11.0 Å². The molecule has 0 bridgehead atoms. The standard InChI is InChI=1S/C20H17FN2O4/c1-3-23-17-9-6-14(10-16(17)22-12(2)19(23)25)20(26)27-11-18(24)13-4-7-15(21)8-5-13/h4-10H,3,11H2,1-2H3. The van der Waals surface area contributed by atoms with E-state index in [0.29, 0.717) is 23.3 Å². The van der Waals surface area contributed by atoms with Gasteiger partial charge < -0.3 is 9.30 Å². The summed E-state index contributed by atoms with van der Waals surface area (Å²) in [6.07, 6.45) is 0. The lowest BCUT2D eigenvalue weighted by atomic mass is 10.1. The molecule has 6 nitrogen and oxygen atoms in total. The third kappa shape index (κ3) is 3.76. The number of benzene rings is 2. The fourth-order valence-electron chi connectivity index (χ4n) is 2.75. The van der Waals surface area contributed by atoms with Gasteiger partial charge in [0.05, 0.1) is 16.6 Å². The van der Waals surface area contributed by atoms with E-state index in [4.69, 9.17) is 4.74 Å². The Morgan fingerprint density at radius 2 is 1.78 bits per heavy atom. The van der Waals surface area contributed by atoms with Crippen LogP contribution in [-0.4, -0.2) is 27.9 Å². The van der Waals surface area contributed by atoms with Gasteiger partial charge in [-0.1, -0.05) is 0 Å². The fraction of sp³-hybridized carbons (Fsp3) is 0.200. The van der Waals surface area contributed by atoms with Crippen molar-refractivity contribution in [1.82, 2.24) is 9.55 Å². The molecule has 1 aromatic heterocycles. The van der Waals surface area contributed by atoms with Crippen molar-refractivity contribution in [3.63, 3.8) is 0 Å². The molecular weight excluding hydrogens is 351 g/mol. The van der Waals surface area contributed by atoms with Crippen LogP contribution in [0.5, 0.6) is 0 Å². The Morgan fingerprint density at radius 1 is 1.11 bits per heavy atom. The van der Waals surface area contributed by atoms with E-state index in [9.17, 15) is 18.8 Å². The molecule has 0 fully saturated rings. The van der Waals surface area contributed by atoms with Gasteiger partial charge >= 0.3 is 5.97 Å². The van der Waals surface area contributed by atoms with Gasteiger partial charge in [0.25, 0.3) is 5.56 Å². The minimum Gasteiger partial charge on any atom is -0.454 e. The predicted octanol–water partition coefficient (Wildman–Crippen LogP) is 2.90. The molecular formula is C20H17FN2O4. The predicted molar refractivity (Wildman–Crippen MR) is 97.4 cm³/mol. The summed E-state index contributed by atoms with van der Waals surface area (Å²) in [6.45, 7) is 3.49. The number of aryl methyl sites for hydroxylation is 2. The number of nitrogens with zero attached hydrogens (tertiary/aromatic N) is 2. The first-order chi connectivity index (χ1) is 12.9. The third-order valence-electron chi connectivity index (χ3n) is 4.16. The Hall–Kier alpha value is -3.35. The highest BCUT2D eigenvalue weighted by molar-refractivity contribution is 6.00. The zero-order valence-electron chi connectivity index (χ0n) is 14.9. The number of ether oxygens (including phenoxy) is 1. The number of esters is 1. The summed E-state index contributed by atoms with van der Waals surface area (Å²) in [4.78, 5) is 40.6. The maximum atomic E-state index is 12.9. The second-order valence-corrected chi connectivity index (χ2v) is 5.96. The first-order valence-corrected chi connectivity index (χ1v) is 8.37. The molecule has 0 aliphatic rings. The summed E-state index contributed by atoms with van der Waals surface area (Å²) >= 11 is 0. The third-order valence-corrected chi connectivity index (χ3v) is 4.16. The summed E-state index contributed by atoms with van der Waals surface area (Å²) < 4.78 is 19.5. The fourth-order valence-corrected chi connectivity index (χ4v) is 2.75. The maximum Gasteiger partial charge on any atom is 0.338 e. The van der Waals surface area contributed by atoms with Crippen molar-refractivity contribution >= 4 is 22.8 Å². The van der Waals surface area contributed by atoms with Gasteiger partial charge in [0, 0.05) is 12.1 Å². The van der Waals surface area contributed by atoms with Crippen molar-refractivity contribution in [2.75, 3.05) is 6.61 Å². The number of hydrogen-bond donors (Lipinski definition) is 0. The molecule has 0 atom stereocenters. The van der Waals surface area contributed by atoms with E-state index in [0.717, 1.165) is 0 Å². The molecule has 0 aliphatic heterocycles. The average molecular weight is 368 g/mol. The molecule has 1 heterocycles. The topological polar surface area (TPSA) is 78.3 Å². The van der Waals surface area contributed by atoms with Crippen molar-refractivity contribution in [2.45, 2.75) is 20.4 Å². The van der Waals surface area contributed by atoms with Crippen LogP contribution in [0.2, 0.25) is 0 Å². The Balaban J connectivity index is 1.79. The zero-order chi connectivity index (χ0) is 19.6. The van der Waals surface area contributed by atoms with Crippen LogP contribution in [-0.2, 0) is 11.3 Å². The van der Waals surface area contributed by atoms with E-state index in [2.05, 4.69) is 4.98 Å². The second kappa shape index (κ2) is 7.49. The van der Waals surface area contributed by atoms with Crippen molar-refractivity contribution in [1.29, 1.82) is 0 Å². The van der Waals surface area contributed by atoms with Gasteiger partial charge in [-0.05, 0) is 56.3 Å². The Kier molecular flexibility index (Phi) is 5.12. The largest absolute Gasteiger partial charge is 0.454 e. The first-order valence-electron chi connectivity index (χ1n) is 8.37. The van der Waals surface area contributed by atoms with E-state index in [-0.39, 0.29) is 16.7 Å². The normalized spacial score (nSPS) is 10.8. The number of aromatic nitrogens is 2. The summed E-state index contributed by atoms with van der Waals surface area (Å²) in [5.41, 5.74) is 1.75. The van der Waals surface area contributed by atoms with Crippen LogP contribution in [0, 0.1) is 12.7 Å². The van der Waals surface area contributed by atoms with Crippen LogP contribution < -0.4 is 5.56 Å². The quantitative estimate of drug-likeness (QED) is 0.511. The van der Waals surface area contributed by atoms with E-state index in [1.165, 1.54) is 36.4 Å². The molecule has 0 radical (unpaired) electrons. The highest BCUT2D eigenvalue weighted by atomic mass is 19.1. The highest BCUT2D eigenvalue weighted by Gasteiger charge is 2.14. The van der Waals surface area contributed by atoms with Crippen molar-refractivity contribution in [2.24, 2.45) is 0 Å². The number of halogens is 1. The molecule has 0 N–H and O–H groups in total. The summed E-state index contributed by atoms with van der Waals surface area (Å²) in [5, 5.41) is 0. The molecule has 0 amide bonds. The smallest absolute Gasteiger partial charge is 0.338 e. The molecule has 0 saturated heterocycles. The molecule has 3 rings (SSSR count). The number of carbonyl (C=O) groups is 2. The molecule has 7 heteroatoms. The van der Waals surface area contributed by atoms with Crippen LogP contribution >= 0.6 is 0 Å². The number of carbonyl (C=O) groups excluding carboxylic acids is 2. The lowest BCUT2D eigenvalue weighted by molar-refractivity contribution is 0.0475. The minimum absolute atomic E-state index is 0.176. The lowest BCUT2D eigenvalue weighted by Gasteiger charge is -2.10. The van der Waals surface area contributed by atoms with Gasteiger partial charge in [-0.25, -0.2) is 14.2 Å². The molecule has 0 unspecified atom stereocenters. The van der Waals surface area contributed by atoms with Gasteiger partial charge in [-0.15, -0.1) is 0 Å². The van der Waals surface area contributed by atoms with Crippen molar-refractivity contribution < 1.29 is 18.7 Å². The van der Waals surface area contributed by atoms with Crippen LogP contribution in [0.1, 0.15) is 33.3 Å². The summed E-state index contributed by atoms with van der Waals surface area (Å²) in [7, 11) is 0. The van der Waals surface area contributed by atoms with Crippen LogP contribution in [0.3, 0.4) is 0 Å². The molecule has 27 heavy (non-hydrogen) atoms. The number of fused-ring (bicyclic) bond motifs is 1. The van der Waals surface area contributed by atoms with Gasteiger partial charge in [0.2, 0.25) is 0 Å². The monoisotopic (exact) mass is 368 g/mol. The van der Waals surface area contributed by atoms with Crippen molar-refractivity contribution in [3.8, 4) is 0 Å². The van der Waals surface area contributed by atoms with Gasteiger partial charge in [0.15, 0.2) is 12.4 Å². The second-order valence-electron chi connectivity index (χ2n) is 5.96. The minimum atomic E-state index is -0.680. The number of ketones is 1. The Morgan fingerprint density at radius 3 is 2.44 bits per heavy atom. The highest BCUT2D eigenvalue weighted by Crippen LogP contribution is 2.14. The maximum absolute atomic E-state index is 12.9. The number of rotatable bonds is 5. The Labute approximate surface area is 154 Å². The number of Topliss-reactive ketones (excluding diaryl/α,β-unsaturated/α-hetero) is 1. The van der Waals surface area contributed by atoms with E-state index in [1.54, 1.807) is 17.6 Å². The van der Waals surface area contributed by atoms with E-state index in [1.807, 2.05) is 6.92 Å². The molecule has 3 aromatic rings. The lowest BCUT2D eigenvalue weighted by Crippen LogP contribution is -2.23. The first kappa shape index (κ1) is 18.4. The van der Waals surface area contributed by atoms with Crippen molar-refractivity contribution in [3.05, 3.63) is 75.5 Å². The number of hydrogen-bond acceptors (Lipinski definition) is 5. The summed E-state index contributed by atoms with van der Waals surface area (Å²) in [6, 6.07) is 9.68. The van der Waals surface area contributed by atoms with Gasteiger partial charge in [0.1, 0.15) is 11.5 Å². The molecule has 0 spiro atoms. The van der Waals surface area contributed by atoms with E-state index >= 15 is 0 Å². The van der Waals surface area contributed by atoms with Crippen LogP contribution in [0.15, 0.2) is 47.3 Å². The molecule has 2 aromatic carbocycles. The summed E-state index contributed by atoms with van der Waals surface area (Å²) in [5.74, 6) is -1.56. The van der Waals surface area contributed by atoms with Gasteiger partial charge in [-0.3, -0.25) is 9.59 Å². The average Bonchev–Trinajstić information content (AvgIpc) is 2.67. The molecule has 0 aliphatic carbocycles. The SMILES string of the molecule is CCn1c(=O)c(C)nc2cc(C(=O)OCC(=O)c3ccc(F)cc3)ccc21.